The van der Waals surface area contributed by atoms with Crippen molar-refractivity contribution in [3.63, 3.8) is 0 Å². The van der Waals surface area contributed by atoms with Crippen LogP contribution in [0.1, 0.15) is 28.8 Å². The molecule has 2 aromatic rings. The molecule has 0 unspecified atom stereocenters. The highest BCUT2D eigenvalue weighted by Crippen LogP contribution is 2.08. The fraction of sp³-hybridized carbons (Fsp3) is 0.429. The monoisotopic (exact) mass is 385 g/mol. The van der Waals surface area contributed by atoms with Crippen LogP contribution in [-0.2, 0) is 11.2 Å². The average Bonchev–Trinajstić information content (AvgIpc) is 3.25. The van der Waals surface area contributed by atoms with Gasteiger partial charge in [0.2, 0.25) is 5.91 Å². The minimum Gasteiger partial charge on any atom is -0.352 e. The van der Waals surface area contributed by atoms with Crippen LogP contribution >= 0.6 is 11.3 Å². The molecule has 1 aliphatic rings. The van der Waals surface area contributed by atoms with Gasteiger partial charge in [0.05, 0.1) is 0 Å². The fourth-order valence-corrected chi connectivity index (χ4v) is 3.88. The van der Waals surface area contributed by atoms with Crippen LogP contribution in [0.2, 0.25) is 0 Å². The van der Waals surface area contributed by atoms with Crippen molar-refractivity contribution < 1.29 is 9.59 Å². The summed E-state index contributed by atoms with van der Waals surface area (Å²) in [7, 11) is 0. The van der Waals surface area contributed by atoms with Gasteiger partial charge in [-0.15, -0.1) is 0 Å². The van der Waals surface area contributed by atoms with Crippen molar-refractivity contribution in [2.24, 2.45) is 0 Å². The van der Waals surface area contributed by atoms with E-state index in [1.165, 1.54) is 16.9 Å². The highest BCUT2D eigenvalue weighted by atomic mass is 32.1. The van der Waals surface area contributed by atoms with Crippen molar-refractivity contribution in [1.82, 2.24) is 15.1 Å². The fourth-order valence-electron chi connectivity index (χ4n) is 3.25. The third-order valence-electron chi connectivity index (χ3n) is 4.92. The van der Waals surface area contributed by atoms with Crippen LogP contribution in [0.25, 0.3) is 0 Å². The number of thiophene rings is 1. The van der Waals surface area contributed by atoms with Gasteiger partial charge in [-0.1, -0.05) is 30.3 Å². The molecule has 1 aliphatic heterocycles. The Hall–Kier alpha value is -2.18. The summed E-state index contributed by atoms with van der Waals surface area (Å²) in [5.41, 5.74) is 2.05. The van der Waals surface area contributed by atoms with E-state index in [1.54, 1.807) is 0 Å². The number of carbonyl (C=O) groups excluding carboxylic acids is 2. The molecule has 1 fully saturated rings. The maximum absolute atomic E-state index is 12.4. The zero-order valence-electron chi connectivity index (χ0n) is 15.6. The molecule has 1 saturated heterocycles. The van der Waals surface area contributed by atoms with Crippen LogP contribution in [0.5, 0.6) is 0 Å². The van der Waals surface area contributed by atoms with Gasteiger partial charge < -0.3 is 10.2 Å². The first-order valence-corrected chi connectivity index (χ1v) is 10.5. The maximum atomic E-state index is 12.4. The van der Waals surface area contributed by atoms with E-state index in [4.69, 9.17) is 0 Å². The highest BCUT2D eigenvalue weighted by molar-refractivity contribution is 7.08. The predicted molar refractivity (Wildman–Crippen MR) is 109 cm³/mol. The van der Waals surface area contributed by atoms with Gasteiger partial charge in [0.15, 0.2) is 0 Å². The molecule has 3 rings (SSSR count). The summed E-state index contributed by atoms with van der Waals surface area (Å²) in [5, 5.41) is 6.59. The van der Waals surface area contributed by atoms with E-state index in [9.17, 15) is 9.59 Å². The molecule has 0 radical (unpaired) electrons. The van der Waals surface area contributed by atoms with Gasteiger partial charge >= 0.3 is 0 Å². The lowest BCUT2D eigenvalue weighted by molar-refractivity contribution is -0.133. The van der Waals surface area contributed by atoms with E-state index in [2.05, 4.69) is 34.5 Å². The van der Waals surface area contributed by atoms with Gasteiger partial charge in [0.25, 0.3) is 5.91 Å². The third kappa shape index (κ3) is 6.19. The Morgan fingerprint density at radius 1 is 1.04 bits per heavy atom. The van der Waals surface area contributed by atoms with Crippen molar-refractivity contribution >= 4 is 23.2 Å². The SMILES string of the molecule is O=C(NCCCC(=O)N1CCN(CCc2ccccc2)CC1)c1ccsc1. The Morgan fingerprint density at radius 3 is 2.52 bits per heavy atom. The molecule has 1 N–H and O–H groups in total. The minimum atomic E-state index is -0.0595. The lowest BCUT2D eigenvalue weighted by atomic mass is 10.1. The molecule has 2 heterocycles. The quantitative estimate of drug-likeness (QED) is 0.711. The number of rotatable bonds is 8. The van der Waals surface area contributed by atoms with Gasteiger partial charge in [-0.05, 0) is 29.9 Å². The molecule has 0 spiro atoms. The van der Waals surface area contributed by atoms with Crippen LogP contribution < -0.4 is 5.32 Å². The van der Waals surface area contributed by atoms with E-state index in [0.29, 0.717) is 24.9 Å². The van der Waals surface area contributed by atoms with Crippen LogP contribution in [0, 0.1) is 0 Å². The Balaban J connectivity index is 1.28. The molecule has 6 heteroatoms. The van der Waals surface area contributed by atoms with Crippen molar-refractivity contribution in [2.75, 3.05) is 39.3 Å². The molecular formula is C21H27N3O2S. The molecule has 5 nitrogen and oxygen atoms in total. The van der Waals surface area contributed by atoms with Gasteiger partial charge in [-0.3, -0.25) is 14.5 Å². The second kappa shape index (κ2) is 10.2. The number of nitrogens with one attached hydrogen (secondary N) is 1. The van der Waals surface area contributed by atoms with E-state index < -0.39 is 0 Å². The number of amides is 2. The summed E-state index contributed by atoms with van der Waals surface area (Å²) in [6.07, 6.45) is 2.23. The summed E-state index contributed by atoms with van der Waals surface area (Å²) in [6, 6.07) is 12.3. The lowest BCUT2D eigenvalue weighted by Crippen LogP contribution is -2.49. The topological polar surface area (TPSA) is 52.7 Å². The van der Waals surface area contributed by atoms with Gasteiger partial charge in [0.1, 0.15) is 0 Å². The summed E-state index contributed by atoms with van der Waals surface area (Å²) in [4.78, 5) is 28.6. The first-order valence-electron chi connectivity index (χ1n) is 9.57. The first-order chi connectivity index (χ1) is 13.2. The molecule has 1 aromatic heterocycles. The molecular weight excluding hydrogens is 358 g/mol. The molecule has 0 atom stereocenters. The van der Waals surface area contributed by atoms with E-state index >= 15 is 0 Å². The van der Waals surface area contributed by atoms with Crippen molar-refractivity contribution in [3.8, 4) is 0 Å². The van der Waals surface area contributed by atoms with Crippen LogP contribution in [0.15, 0.2) is 47.2 Å². The van der Waals surface area contributed by atoms with Crippen molar-refractivity contribution in [3.05, 3.63) is 58.3 Å². The molecule has 0 bridgehead atoms. The van der Waals surface area contributed by atoms with Gasteiger partial charge in [0, 0.05) is 56.6 Å². The van der Waals surface area contributed by atoms with Gasteiger partial charge in [-0.2, -0.15) is 11.3 Å². The van der Waals surface area contributed by atoms with Crippen LogP contribution in [0.3, 0.4) is 0 Å². The molecule has 1 aromatic carbocycles. The number of nitrogens with zero attached hydrogens (tertiary/aromatic N) is 2. The second-order valence-corrected chi connectivity index (χ2v) is 7.61. The normalized spacial score (nSPS) is 14.9. The molecule has 27 heavy (non-hydrogen) atoms. The van der Waals surface area contributed by atoms with Crippen LogP contribution in [0.4, 0.5) is 0 Å². The van der Waals surface area contributed by atoms with Crippen LogP contribution in [-0.4, -0.2) is 60.9 Å². The Labute approximate surface area is 165 Å². The minimum absolute atomic E-state index is 0.0595. The Bertz CT molecular complexity index is 710. The molecule has 144 valence electrons. The lowest BCUT2D eigenvalue weighted by Gasteiger charge is -2.34. The van der Waals surface area contributed by atoms with E-state index in [1.807, 2.05) is 27.8 Å². The number of benzene rings is 1. The first kappa shape index (κ1) is 19.6. The summed E-state index contributed by atoms with van der Waals surface area (Å²) >= 11 is 1.51. The number of piperazine rings is 1. The maximum Gasteiger partial charge on any atom is 0.252 e. The zero-order valence-corrected chi connectivity index (χ0v) is 16.4. The highest BCUT2D eigenvalue weighted by Gasteiger charge is 2.20. The number of hydrogen-bond acceptors (Lipinski definition) is 4. The molecule has 0 aliphatic carbocycles. The van der Waals surface area contributed by atoms with Crippen molar-refractivity contribution in [1.29, 1.82) is 0 Å². The summed E-state index contributed by atoms with van der Waals surface area (Å²) < 4.78 is 0. The molecule has 2 amide bonds. The van der Waals surface area contributed by atoms with Gasteiger partial charge in [-0.25, -0.2) is 0 Å². The van der Waals surface area contributed by atoms with Crippen molar-refractivity contribution in [2.45, 2.75) is 19.3 Å². The Morgan fingerprint density at radius 2 is 1.81 bits per heavy atom. The average molecular weight is 386 g/mol. The number of carbonyl (C=O) groups is 2. The Kier molecular flexibility index (Phi) is 7.42. The van der Waals surface area contributed by atoms with E-state index in [-0.39, 0.29) is 11.8 Å². The van der Waals surface area contributed by atoms with E-state index in [0.717, 1.165) is 39.1 Å². The predicted octanol–water partition coefficient (Wildman–Crippen LogP) is 2.65. The smallest absolute Gasteiger partial charge is 0.252 e. The summed E-state index contributed by atoms with van der Waals surface area (Å²) in [6.45, 7) is 5.06. The second-order valence-electron chi connectivity index (χ2n) is 6.83. The summed E-state index contributed by atoms with van der Waals surface area (Å²) in [5.74, 6) is 0.137. The third-order valence-corrected chi connectivity index (χ3v) is 5.60. The zero-order chi connectivity index (χ0) is 18.9. The molecule has 0 saturated carbocycles. The largest absolute Gasteiger partial charge is 0.352 e. The standard InChI is InChI=1S/C21H27N3O2S/c25-20(7-4-10-22-21(26)19-9-16-27-17-19)24-14-12-23(13-15-24)11-8-18-5-2-1-3-6-18/h1-3,5-6,9,16-17H,4,7-8,10-15H2,(H,22,26). The number of hydrogen-bond donors (Lipinski definition) is 1.